The van der Waals surface area contributed by atoms with E-state index in [1.165, 1.54) is 27.3 Å². The van der Waals surface area contributed by atoms with E-state index in [0.717, 1.165) is 36.5 Å². The molecule has 0 aliphatic heterocycles. The Kier molecular flexibility index (Phi) is 7.63. The highest BCUT2D eigenvalue weighted by Crippen LogP contribution is 2.44. The van der Waals surface area contributed by atoms with Crippen LogP contribution in [0, 0.1) is 0 Å². The molecule has 0 amide bonds. The van der Waals surface area contributed by atoms with Crippen molar-refractivity contribution in [3.63, 3.8) is 0 Å². The summed E-state index contributed by atoms with van der Waals surface area (Å²) in [6, 6.07) is 20.5. The smallest absolute Gasteiger partial charge is 0.307 e. The number of halogens is 12. The normalized spacial score (nSPS) is 13.2. The summed E-state index contributed by atoms with van der Waals surface area (Å²) in [6.07, 6.45) is -19.1. The number of benzene rings is 5. The lowest BCUT2D eigenvalue weighted by Crippen LogP contribution is -2.11. The fourth-order valence-electron chi connectivity index (χ4n) is 6.88. The number of nitrogens with zero attached hydrogens (tertiary/aromatic N) is 3. The van der Waals surface area contributed by atoms with Crippen molar-refractivity contribution in [1.29, 1.82) is 0 Å². The first-order valence-electron chi connectivity index (χ1n) is 15.8. The number of aromatic nitrogens is 3. The Balaban J connectivity index is 1.52. The Bertz CT molecular complexity index is 2750. The third-order valence-corrected chi connectivity index (χ3v) is 9.24. The monoisotopic (exact) mass is 757 g/mol. The molecule has 5 aromatic carbocycles. The molecule has 15 heteroatoms. The third kappa shape index (κ3) is 5.78. The topological polar surface area (TPSA) is 22.8 Å². The van der Waals surface area contributed by atoms with Crippen molar-refractivity contribution in [2.24, 2.45) is 0 Å². The van der Waals surface area contributed by atoms with Crippen molar-refractivity contribution in [2.75, 3.05) is 0 Å². The van der Waals surface area contributed by atoms with Crippen LogP contribution in [0.1, 0.15) is 22.3 Å². The van der Waals surface area contributed by atoms with Crippen molar-refractivity contribution in [2.45, 2.75) is 24.7 Å². The number of para-hydroxylation sites is 2. The van der Waals surface area contributed by atoms with Gasteiger partial charge in [0.1, 0.15) is 5.82 Å². The minimum Gasteiger partial charge on any atom is -0.307 e. The van der Waals surface area contributed by atoms with Gasteiger partial charge in [-0.1, -0.05) is 48.5 Å². The summed E-state index contributed by atoms with van der Waals surface area (Å²) < 4.78 is 172. The Hall–Kier alpha value is -5.99. The fourth-order valence-corrected chi connectivity index (χ4v) is 6.88. The zero-order valence-electron chi connectivity index (χ0n) is 26.8. The van der Waals surface area contributed by atoms with Crippen LogP contribution in [0.15, 0.2) is 115 Å². The molecule has 0 aliphatic carbocycles. The van der Waals surface area contributed by atoms with Crippen LogP contribution in [0.3, 0.4) is 0 Å². The molecular formula is C39H19F12N3. The summed E-state index contributed by atoms with van der Waals surface area (Å²) in [5.74, 6) is -0.193. The summed E-state index contributed by atoms with van der Waals surface area (Å²) >= 11 is 0. The van der Waals surface area contributed by atoms with Crippen LogP contribution < -0.4 is 0 Å². The van der Waals surface area contributed by atoms with E-state index < -0.39 is 52.5 Å². The molecule has 8 aromatic rings. The van der Waals surface area contributed by atoms with Crippen LogP contribution in [0.25, 0.3) is 66.2 Å². The average Bonchev–Trinajstić information content (AvgIpc) is 3.62. The molecule has 3 nitrogen and oxygen atoms in total. The minimum absolute atomic E-state index is 0.0241. The lowest BCUT2D eigenvalue weighted by atomic mass is 9.98. The van der Waals surface area contributed by atoms with Gasteiger partial charge < -0.3 is 4.57 Å². The Morgan fingerprint density at radius 3 is 1.30 bits per heavy atom. The molecule has 274 valence electrons. The summed E-state index contributed by atoms with van der Waals surface area (Å²) in [7, 11) is 0. The molecule has 0 aliphatic rings. The molecule has 0 unspecified atom stereocenters. The van der Waals surface area contributed by atoms with E-state index >= 15 is 0 Å². The summed E-state index contributed by atoms with van der Waals surface area (Å²) in [5, 5.41) is 1.51. The summed E-state index contributed by atoms with van der Waals surface area (Å²) in [4.78, 5) is 4.48. The van der Waals surface area contributed by atoms with Gasteiger partial charge in [-0.15, -0.1) is 0 Å². The predicted molar refractivity (Wildman–Crippen MR) is 178 cm³/mol. The largest absolute Gasteiger partial charge is 0.416 e. The number of hydrogen-bond acceptors (Lipinski definition) is 1. The van der Waals surface area contributed by atoms with Crippen molar-refractivity contribution in [3.8, 4) is 22.6 Å². The van der Waals surface area contributed by atoms with Gasteiger partial charge in [0.15, 0.2) is 0 Å². The second-order valence-electron chi connectivity index (χ2n) is 12.5. The maximum atomic E-state index is 14.2. The molecule has 0 N–H and O–H groups in total. The molecule has 0 radical (unpaired) electrons. The van der Waals surface area contributed by atoms with Crippen molar-refractivity contribution >= 4 is 43.6 Å². The molecule has 0 bridgehead atoms. The van der Waals surface area contributed by atoms with Crippen LogP contribution in [0.5, 0.6) is 0 Å². The van der Waals surface area contributed by atoms with E-state index in [0.29, 0.717) is 33.8 Å². The zero-order valence-corrected chi connectivity index (χ0v) is 26.8. The van der Waals surface area contributed by atoms with Crippen LogP contribution in [0.4, 0.5) is 52.7 Å². The van der Waals surface area contributed by atoms with Gasteiger partial charge in [0, 0.05) is 27.1 Å². The van der Waals surface area contributed by atoms with Gasteiger partial charge >= 0.3 is 24.7 Å². The van der Waals surface area contributed by atoms with Gasteiger partial charge in [0.05, 0.1) is 56.2 Å². The molecule has 3 heterocycles. The van der Waals surface area contributed by atoms with E-state index in [2.05, 4.69) is 4.98 Å². The van der Waals surface area contributed by atoms with E-state index in [9.17, 15) is 52.7 Å². The van der Waals surface area contributed by atoms with E-state index in [4.69, 9.17) is 0 Å². The predicted octanol–water partition coefficient (Wildman–Crippen LogP) is 13.0. The highest BCUT2D eigenvalue weighted by atomic mass is 19.4. The number of alkyl halides is 12. The van der Waals surface area contributed by atoms with Crippen molar-refractivity contribution in [1.82, 2.24) is 14.1 Å². The van der Waals surface area contributed by atoms with Gasteiger partial charge in [0.25, 0.3) is 0 Å². The standard InChI is InChI=1S/C39H19F12N3/c40-36(41,42)21-9-11-27-25-5-1-3-7-30(25)53(32(27)16-21)34-19-52-35(18-29(34)20-13-23(38(46,47)48)15-24(14-20)39(49,50)51)54-31-8-4-2-6-26(31)28-12-10-22(17-33(28)54)37(43,44)45/h1-19H. The van der Waals surface area contributed by atoms with E-state index in [-0.39, 0.29) is 45.1 Å². The van der Waals surface area contributed by atoms with E-state index in [1.807, 2.05) is 0 Å². The molecule has 0 fully saturated rings. The number of rotatable bonds is 3. The molecule has 0 spiro atoms. The number of hydrogen-bond donors (Lipinski definition) is 0. The maximum absolute atomic E-state index is 14.2. The molecule has 0 saturated heterocycles. The van der Waals surface area contributed by atoms with Crippen LogP contribution >= 0.6 is 0 Å². The van der Waals surface area contributed by atoms with E-state index in [1.54, 1.807) is 42.5 Å². The van der Waals surface area contributed by atoms with Crippen molar-refractivity contribution in [3.05, 3.63) is 138 Å². The maximum Gasteiger partial charge on any atom is 0.416 e. The third-order valence-electron chi connectivity index (χ3n) is 9.24. The molecule has 3 aromatic heterocycles. The minimum atomic E-state index is -5.26. The van der Waals surface area contributed by atoms with Crippen LogP contribution in [0.2, 0.25) is 0 Å². The summed E-state index contributed by atoms with van der Waals surface area (Å²) in [5.41, 5.74) is -6.16. The van der Waals surface area contributed by atoms with Gasteiger partial charge in [-0.25, -0.2) is 4.98 Å². The lowest BCUT2D eigenvalue weighted by molar-refractivity contribution is -0.143. The number of pyridine rings is 1. The second kappa shape index (κ2) is 11.8. The molecular weight excluding hydrogens is 738 g/mol. The zero-order chi connectivity index (χ0) is 38.5. The molecule has 0 atom stereocenters. The quantitative estimate of drug-likeness (QED) is 0.165. The van der Waals surface area contributed by atoms with Gasteiger partial charge in [-0.3, -0.25) is 4.57 Å². The second-order valence-corrected chi connectivity index (χ2v) is 12.5. The fraction of sp³-hybridized carbons (Fsp3) is 0.103. The Labute approximate surface area is 295 Å². The van der Waals surface area contributed by atoms with Crippen molar-refractivity contribution < 1.29 is 52.7 Å². The van der Waals surface area contributed by atoms with Crippen LogP contribution in [-0.4, -0.2) is 14.1 Å². The van der Waals surface area contributed by atoms with Gasteiger partial charge in [-0.05, 0) is 66.2 Å². The molecule has 54 heavy (non-hydrogen) atoms. The number of fused-ring (bicyclic) bond motifs is 6. The van der Waals surface area contributed by atoms with Crippen LogP contribution in [-0.2, 0) is 24.7 Å². The first-order chi connectivity index (χ1) is 25.3. The summed E-state index contributed by atoms with van der Waals surface area (Å²) in [6.45, 7) is 0. The average molecular weight is 758 g/mol. The Morgan fingerprint density at radius 1 is 0.389 bits per heavy atom. The van der Waals surface area contributed by atoms with Gasteiger partial charge in [0.2, 0.25) is 0 Å². The lowest BCUT2D eigenvalue weighted by Gasteiger charge is -2.19. The highest BCUT2D eigenvalue weighted by Gasteiger charge is 2.38. The molecule has 0 saturated carbocycles. The Morgan fingerprint density at radius 2 is 0.815 bits per heavy atom. The molecule has 8 rings (SSSR count). The highest BCUT2D eigenvalue weighted by molar-refractivity contribution is 6.11. The first-order valence-corrected chi connectivity index (χ1v) is 15.8. The SMILES string of the molecule is FC(F)(F)c1cc(-c2cc(-n3c4ccccc4c4ccc(C(F)(F)F)cc43)ncc2-n2c3ccccc3c3ccc(C(F)(F)F)cc32)cc(C(F)(F)F)c1. The van der Waals surface area contributed by atoms with Gasteiger partial charge in [-0.2, -0.15) is 52.7 Å². The first kappa shape index (κ1) is 35.1.